The van der Waals surface area contributed by atoms with Crippen LogP contribution in [-0.4, -0.2) is 26.5 Å². The number of hydrazone groups is 1. The molecule has 1 heterocycles. The second kappa shape index (κ2) is 6.39. The summed E-state index contributed by atoms with van der Waals surface area (Å²) in [6.07, 6.45) is 1.73. The van der Waals surface area contributed by atoms with Gasteiger partial charge in [-0.05, 0) is 30.7 Å². The zero-order valence-electron chi connectivity index (χ0n) is 12.6. The van der Waals surface area contributed by atoms with E-state index >= 15 is 0 Å². The maximum Gasteiger partial charge on any atom is 0.203 e. The Labute approximate surface area is 129 Å². The molecule has 0 amide bonds. The fourth-order valence-electron chi connectivity index (χ4n) is 2.24. The van der Waals surface area contributed by atoms with E-state index in [2.05, 4.69) is 10.5 Å². The molecule has 1 N–H and O–H groups in total. The normalized spacial score (nSPS) is 13.2. The van der Waals surface area contributed by atoms with Crippen molar-refractivity contribution in [1.82, 2.24) is 0 Å². The molecule has 0 aliphatic carbocycles. The van der Waals surface area contributed by atoms with Crippen molar-refractivity contribution in [2.45, 2.75) is 6.92 Å². The topological polar surface area (TPSA) is 52.1 Å². The molecular formula is C17H18N2O3. The molecule has 0 radical (unpaired) electrons. The van der Waals surface area contributed by atoms with Gasteiger partial charge in [0.25, 0.3) is 0 Å². The highest BCUT2D eigenvalue weighted by atomic mass is 16.6. The zero-order chi connectivity index (χ0) is 15.4. The first-order valence-electron chi connectivity index (χ1n) is 7.10. The van der Waals surface area contributed by atoms with Gasteiger partial charge in [-0.15, -0.1) is 0 Å². The van der Waals surface area contributed by atoms with E-state index in [0.717, 1.165) is 16.8 Å². The lowest BCUT2D eigenvalue weighted by molar-refractivity contribution is 0.165. The van der Waals surface area contributed by atoms with Crippen LogP contribution >= 0.6 is 0 Å². The smallest absolute Gasteiger partial charge is 0.203 e. The molecule has 22 heavy (non-hydrogen) atoms. The average molecular weight is 298 g/mol. The van der Waals surface area contributed by atoms with Crippen LogP contribution in [0, 0.1) is 6.92 Å². The zero-order valence-corrected chi connectivity index (χ0v) is 12.6. The fraction of sp³-hybridized carbons (Fsp3) is 0.235. The lowest BCUT2D eigenvalue weighted by Gasteiger charge is -2.20. The maximum absolute atomic E-state index is 5.60. The lowest BCUT2D eigenvalue weighted by atomic mass is 10.2. The SMILES string of the molecule is COc1cc(/C=N\Nc2ccccc2C)cc2c1OCCO2. The van der Waals surface area contributed by atoms with Crippen molar-refractivity contribution in [2.24, 2.45) is 5.10 Å². The van der Waals surface area contributed by atoms with Gasteiger partial charge in [-0.1, -0.05) is 18.2 Å². The minimum atomic E-state index is 0.533. The Bertz CT molecular complexity index is 681. The molecule has 0 saturated heterocycles. The molecule has 0 atom stereocenters. The van der Waals surface area contributed by atoms with Crippen molar-refractivity contribution in [1.29, 1.82) is 0 Å². The van der Waals surface area contributed by atoms with Gasteiger partial charge in [0.2, 0.25) is 5.75 Å². The summed E-state index contributed by atoms with van der Waals surface area (Å²) in [4.78, 5) is 0. The third-order valence-corrected chi connectivity index (χ3v) is 3.39. The molecule has 1 aliphatic rings. The van der Waals surface area contributed by atoms with E-state index in [9.17, 15) is 0 Å². The number of methoxy groups -OCH3 is 1. The summed E-state index contributed by atoms with van der Waals surface area (Å²) in [6.45, 7) is 3.11. The summed E-state index contributed by atoms with van der Waals surface area (Å²) in [7, 11) is 1.61. The summed E-state index contributed by atoms with van der Waals surface area (Å²) in [6, 6.07) is 11.7. The molecule has 5 heteroatoms. The van der Waals surface area contributed by atoms with Gasteiger partial charge in [0.1, 0.15) is 13.2 Å². The van der Waals surface area contributed by atoms with Crippen LogP contribution in [0.1, 0.15) is 11.1 Å². The minimum Gasteiger partial charge on any atom is -0.493 e. The Balaban J connectivity index is 1.80. The van der Waals surface area contributed by atoms with Crippen LogP contribution in [0.25, 0.3) is 0 Å². The molecule has 0 bridgehead atoms. The lowest BCUT2D eigenvalue weighted by Crippen LogP contribution is -2.16. The number of hydrogen-bond donors (Lipinski definition) is 1. The van der Waals surface area contributed by atoms with Crippen molar-refractivity contribution in [3.05, 3.63) is 47.5 Å². The molecular weight excluding hydrogens is 280 g/mol. The van der Waals surface area contributed by atoms with Crippen LogP contribution in [0.15, 0.2) is 41.5 Å². The number of para-hydroxylation sites is 1. The van der Waals surface area contributed by atoms with Gasteiger partial charge in [0, 0.05) is 5.56 Å². The summed E-state index contributed by atoms with van der Waals surface area (Å²) >= 11 is 0. The van der Waals surface area contributed by atoms with E-state index in [4.69, 9.17) is 14.2 Å². The monoisotopic (exact) mass is 298 g/mol. The number of benzene rings is 2. The first-order valence-corrected chi connectivity index (χ1v) is 7.10. The van der Waals surface area contributed by atoms with Crippen LogP contribution in [0.3, 0.4) is 0 Å². The van der Waals surface area contributed by atoms with Crippen molar-refractivity contribution in [3.63, 3.8) is 0 Å². The molecule has 0 fully saturated rings. The van der Waals surface area contributed by atoms with Gasteiger partial charge in [0.15, 0.2) is 11.5 Å². The predicted molar refractivity (Wildman–Crippen MR) is 86.4 cm³/mol. The maximum atomic E-state index is 5.60. The van der Waals surface area contributed by atoms with Gasteiger partial charge < -0.3 is 14.2 Å². The van der Waals surface area contributed by atoms with Crippen LogP contribution < -0.4 is 19.6 Å². The van der Waals surface area contributed by atoms with Crippen LogP contribution in [0.2, 0.25) is 0 Å². The minimum absolute atomic E-state index is 0.533. The third kappa shape index (κ3) is 2.98. The standard InChI is InChI=1S/C17H18N2O3/c1-12-5-3-4-6-14(12)19-18-11-13-9-15(20-2)17-16(10-13)21-7-8-22-17/h3-6,9-11,19H,7-8H2,1-2H3/b18-11-. The summed E-state index contributed by atoms with van der Waals surface area (Å²) in [5.41, 5.74) is 6.03. The van der Waals surface area contributed by atoms with Gasteiger partial charge in [-0.25, -0.2) is 0 Å². The Morgan fingerprint density at radius 3 is 2.82 bits per heavy atom. The van der Waals surface area contributed by atoms with Gasteiger partial charge >= 0.3 is 0 Å². The number of nitrogens with one attached hydrogen (secondary N) is 1. The second-order valence-corrected chi connectivity index (χ2v) is 4.93. The number of rotatable bonds is 4. The van der Waals surface area contributed by atoms with E-state index in [0.29, 0.717) is 30.5 Å². The first-order chi connectivity index (χ1) is 10.8. The van der Waals surface area contributed by atoms with E-state index in [1.807, 2.05) is 43.3 Å². The highest BCUT2D eigenvalue weighted by Gasteiger charge is 2.17. The van der Waals surface area contributed by atoms with Crippen LogP contribution in [0.4, 0.5) is 5.69 Å². The fourth-order valence-corrected chi connectivity index (χ4v) is 2.24. The molecule has 2 aromatic rings. The average Bonchev–Trinajstić information content (AvgIpc) is 2.56. The molecule has 0 saturated carbocycles. The number of fused-ring (bicyclic) bond motifs is 1. The van der Waals surface area contributed by atoms with E-state index in [1.165, 1.54) is 0 Å². The van der Waals surface area contributed by atoms with Gasteiger partial charge in [-0.3, -0.25) is 5.43 Å². The largest absolute Gasteiger partial charge is 0.493 e. The summed E-state index contributed by atoms with van der Waals surface area (Å²) < 4.78 is 16.5. The van der Waals surface area contributed by atoms with E-state index < -0.39 is 0 Å². The Hall–Kier alpha value is -2.69. The molecule has 114 valence electrons. The number of aryl methyl sites for hydroxylation is 1. The van der Waals surface area contributed by atoms with Crippen LogP contribution in [-0.2, 0) is 0 Å². The van der Waals surface area contributed by atoms with E-state index in [1.54, 1.807) is 13.3 Å². The Morgan fingerprint density at radius 1 is 1.18 bits per heavy atom. The van der Waals surface area contributed by atoms with Gasteiger partial charge in [0.05, 0.1) is 19.0 Å². The molecule has 0 unspecified atom stereocenters. The van der Waals surface area contributed by atoms with Crippen molar-refractivity contribution < 1.29 is 14.2 Å². The van der Waals surface area contributed by atoms with Crippen molar-refractivity contribution in [2.75, 3.05) is 25.7 Å². The van der Waals surface area contributed by atoms with Crippen LogP contribution in [0.5, 0.6) is 17.2 Å². The van der Waals surface area contributed by atoms with Crippen molar-refractivity contribution in [3.8, 4) is 17.2 Å². The predicted octanol–water partition coefficient (Wildman–Crippen LogP) is 3.22. The van der Waals surface area contributed by atoms with E-state index in [-0.39, 0.29) is 0 Å². The number of ether oxygens (including phenoxy) is 3. The molecule has 1 aliphatic heterocycles. The Kier molecular flexibility index (Phi) is 4.14. The Morgan fingerprint density at radius 2 is 2.00 bits per heavy atom. The molecule has 0 spiro atoms. The number of nitrogens with zero attached hydrogens (tertiary/aromatic N) is 1. The molecule has 5 nitrogen and oxygen atoms in total. The third-order valence-electron chi connectivity index (χ3n) is 3.39. The quantitative estimate of drug-likeness (QED) is 0.695. The molecule has 0 aromatic heterocycles. The molecule has 3 rings (SSSR count). The first kappa shape index (κ1) is 14.3. The molecule has 2 aromatic carbocycles. The van der Waals surface area contributed by atoms with Crippen molar-refractivity contribution >= 4 is 11.9 Å². The highest BCUT2D eigenvalue weighted by molar-refractivity contribution is 5.83. The second-order valence-electron chi connectivity index (χ2n) is 4.93. The summed E-state index contributed by atoms with van der Waals surface area (Å²) in [5, 5.41) is 4.27. The highest BCUT2D eigenvalue weighted by Crippen LogP contribution is 2.39. The number of hydrogen-bond acceptors (Lipinski definition) is 5. The van der Waals surface area contributed by atoms with Gasteiger partial charge in [-0.2, -0.15) is 5.10 Å². The summed E-state index contributed by atoms with van der Waals surface area (Å²) in [5.74, 6) is 1.98. The number of anilines is 1.